The van der Waals surface area contributed by atoms with Crippen molar-refractivity contribution in [2.45, 2.75) is 6.18 Å². The quantitative estimate of drug-likeness (QED) is 0.667. The molecule has 0 atom stereocenters. The summed E-state index contributed by atoms with van der Waals surface area (Å²) in [5, 5.41) is 19.0. The molecule has 1 aromatic heterocycles. The highest BCUT2D eigenvalue weighted by Gasteiger charge is 2.34. The Morgan fingerprint density at radius 1 is 0.957 bits per heavy atom. The van der Waals surface area contributed by atoms with Gasteiger partial charge in [-0.2, -0.15) is 13.2 Å². The van der Waals surface area contributed by atoms with E-state index < -0.39 is 28.9 Å². The molecule has 2 aromatic carbocycles. The Kier molecular flexibility index (Phi) is 3.28. The van der Waals surface area contributed by atoms with Crippen LogP contribution in [-0.4, -0.2) is 10.2 Å². The lowest BCUT2D eigenvalue weighted by molar-refractivity contribution is -0.137. The maximum Gasteiger partial charge on any atom is 0.417 e. The van der Waals surface area contributed by atoms with Crippen LogP contribution in [0.25, 0.3) is 22.1 Å². The molecule has 0 aliphatic rings. The maximum absolute atomic E-state index is 13.1. The van der Waals surface area contributed by atoms with E-state index in [1.54, 1.807) is 0 Å². The van der Waals surface area contributed by atoms with Gasteiger partial charge >= 0.3 is 11.8 Å². The number of halogens is 3. The smallest absolute Gasteiger partial charge is 0.417 e. The molecule has 3 rings (SSSR count). The Balaban J connectivity index is 2.31. The minimum absolute atomic E-state index is 0.0476. The Hall–Kier alpha value is -2.96. The Morgan fingerprint density at radius 3 is 2.30 bits per heavy atom. The van der Waals surface area contributed by atoms with Crippen molar-refractivity contribution in [1.82, 2.24) is 0 Å². The highest BCUT2D eigenvalue weighted by molar-refractivity contribution is 5.87. The maximum atomic E-state index is 13.1. The Labute approximate surface area is 127 Å². The van der Waals surface area contributed by atoms with Gasteiger partial charge in [0.05, 0.1) is 10.9 Å². The first-order valence-corrected chi connectivity index (χ1v) is 6.44. The average Bonchev–Trinajstić information content (AvgIpc) is 2.48. The van der Waals surface area contributed by atoms with Crippen molar-refractivity contribution in [2.24, 2.45) is 0 Å². The molecule has 0 unspecified atom stereocenters. The van der Waals surface area contributed by atoms with E-state index in [-0.39, 0.29) is 22.1 Å². The van der Waals surface area contributed by atoms with Gasteiger partial charge in [0, 0.05) is 5.56 Å². The van der Waals surface area contributed by atoms with E-state index in [1.165, 1.54) is 24.3 Å². The van der Waals surface area contributed by atoms with E-state index in [0.29, 0.717) is 0 Å². The molecule has 2 N–H and O–H groups in total. The van der Waals surface area contributed by atoms with Gasteiger partial charge in [-0.25, -0.2) is 4.79 Å². The second kappa shape index (κ2) is 5.05. The number of phenols is 2. The van der Waals surface area contributed by atoms with Crippen LogP contribution in [0, 0.1) is 0 Å². The predicted molar refractivity (Wildman–Crippen MR) is 76.3 cm³/mol. The van der Waals surface area contributed by atoms with E-state index in [1.807, 2.05) is 0 Å². The minimum atomic E-state index is -4.61. The van der Waals surface area contributed by atoms with Gasteiger partial charge in [-0.3, -0.25) is 0 Å². The number of aromatic hydroxyl groups is 2. The third-order valence-corrected chi connectivity index (χ3v) is 3.35. The Bertz CT molecular complexity index is 958. The number of rotatable bonds is 1. The van der Waals surface area contributed by atoms with Crippen molar-refractivity contribution in [3.05, 3.63) is 58.4 Å². The lowest BCUT2D eigenvalue weighted by atomic mass is 10.0. The highest BCUT2D eigenvalue weighted by Crippen LogP contribution is 2.38. The van der Waals surface area contributed by atoms with Crippen LogP contribution in [-0.2, 0) is 6.18 Å². The van der Waals surface area contributed by atoms with Crippen molar-refractivity contribution < 1.29 is 27.8 Å². The van der Waals surface area contributed by atoms with Gasteiger partial charge in [-0.05, 0) is 29.7 Å². The van der Waals surface area contributed by atoms with Gasteiger partial charge in [-0.1, -0.05) is 18.2 Å². The standard InChI is InChI=1S/C16H9F3O4/c17-16(18,19)11-4-2-1-3-9(11)14-6-8-5-12(20)13(21)7-10(8)15(22)23-14/h1-7,20-21H. The summed E-state index contributed by atoms with van der Waals surface area (Å²) in [6.07, 6.45) is -4.61. The topological polar surface area (TPSA) is 70.7 Å². The van der Waals surface area contributed by atoms with Gasteiger partial charge in [0.2, 0.25) is 0 Å². The van der Waals surface area contributed by atoms with Crippen LogP contribution in [0.15, 0.2) is 51.7 Å². The first-order chi connectivity index (χ1) is 10.8. The lowest BCUT2D eigenvalue weighted by Crippen LogP contribution is -2.08. The molecule has 1 heterocycles. The number of hydrogen-bond donors (Lipinski definition) is 2. The minimum Gasteiger partial charge on any atom is -0.504 e. The SMILES string of the molecule is O=c1oc(-c2ccccc2C(F)(F)F)cc2cc(O)c(O)cc12. The number of alkyl halides is 3. The van der Waals surface area contributed by atoms with Crippen LogP contribution >= 0.6 is 0 Å². The number of phenolic OH excluding ortho intramolecular Hbond substituents is 2. The van der Waals surface area contributed by atoms with E-state index in [9.17, 15) is 28.2 Å². The molecule has 0 fully saturated rings. The van der Waals surface area contributed by atoms with Crippen molar-refractivity contribution in [2.75, 3.05) is 0 Å². The fraction of sp³-hybridized carbons (Fsp3) is 0.0625. The number of hydrogen-bond acceptors (Lipinski definition) is 4. The predicted octanol–water partition coefficient (Wildman–Crippen LogP) is 3.89. The van der Waals surface area contributed by atoms with Gasteiger partial charge in [0.15, 0.2) is 11.5 Å². The van der Waals surface area contributed by atoms with Gasteiger partial charge in [-0.15, -0.1) is 0 Å². The fourth-order valence-corrected chi connectivity index (χ4v) is 2.29. The molecular formula is C16H9F3O4. The molecule has 7 heteroatoms. The molecule has 0 saturated carbocycles. The first-order valence-electron chi connectivity index (χ1n) is 6.44. The van der Waals surface area contributed by atoms with Gasteiger partial charge < -0.3 is 14.6 Å². The van der Waals surface area contributed by atoms with Crippen LogP contribution in [0.4, 0.5) is 13.2 Å². The van der Waals surface area contributed by atoms with Crippen LogP contribution in [0.5, 0.6) is 11.5 Å². The summed E-state index contributed by atoms with van der Waals surface area (Å²) < 4.78 is 44.2. The molecule has 0 radical (unpaired) electrons. The highest BCUT2D eigenvalue weighted by atomic mass is 19.4. The lowest BCUT2D eigenvalue weighted by Gasteiger charge is -2.12. The van der Waals surface area contributed by atoms with E-state index in [4.69, 9.17) is 4.42 Å². The Morgan fingerprint density at radius 2 is 1.61 bits per heavy atom. The van der Waals surface area contributed by atoms with Crippen LogP contribution in [0.3, 0.4) is 0 Å². The zero-order valence-corrected chi connectivity index (χ0v) is 11.4. The summed E-state index contributed by atoms with van der Waals surface area (Å²) >= 11 is 0. The number of benzene rings is 2. The largest absolute Gasteiger partial charge is 0.504 e. The monoisotopic (exact) mass is 322 g/mol. The van der Waals surface area contributed by atoms with E-state index >= 15 is 0 Å². The summed E-state index contributed by atoms with van der Waals surface area (Å²) in [5.74, 6) is -1.29. The normalized spacial score (nSPS) is 11.8. The molecule has 0 aliphatic heterocycles. The molecule has 0 saturated heterocycles. The summed E-state index contributed by atoms with van der Waals surface area (Å²) in [5.41, 5.74) is -2.14. The first kappa shape index (κ1) is 15.0. The van der Waals surface area contributed by atoms with Gasteiger partial charge in [0.1, 0.15) is 5.76 Å². The van der Waals surface area contributed by atoms with Crippen LogP contribution in [0.2, 0.25) is 0 Å². The van der Waals surface area contributed by atoms with Crippen molar-refractivity contribution >= 4 is 10.8 Å². The molecule has 23 heavy (non-hydrogen) atoms. The van der Waals surface area contributed by atoms with E-state index in [0.717, 1.165) is 18.2 Å². The molecule has 0 amide bonds. The third-order valence-electron chi connectivity index (χ3n) is 3.35. The van der Waals surface area contributed by atoms with Crippen LogP contribution in [0.1, 0.15) is 5.56 Å². The average molecular weight is 322 g/mol. The summed E-state index contributed by atoms with van der Waals surface area (Å²) in [7, 11) is 0. The van der Waals surface area contributed by atoms with Crippen molar-refractivity contribution in [3.8, 4) is 22.8 Å². The van der Waals surface area contributed by atoms with Crippen LogP contribution < -0.4 is 5.63 Å². The fourth-order valence-electron chi connectivity index (χ4n) is 2.29. The van der Waals surface area contributed by atoms with Crippen molar-refractivity contribution in [3.63, 3.8) is 0 Å². The zero-order chi connectivity index (χ0) is 16.8. The zero-order valence-electron chi connectivity index (χ0n) is 11.4. The number of fused-ring (bicyclic) bond motifs is 1. The molecule has 3 aromatic rings. The van der Waals surface area contributed by atoms with Crippen molar-refractivity contribution in [1.29, 1.82) is 0 Å². The second-order valence-corrected chi connectivity index (χ2v) is 4.87. The molecule has 4 nitrogen and oxygen atoms in total. The second-order valence-electron chi connectivity index (χ2n) is 4.87. The summed E-state index contributed by atoms with van der Waals surface area (Å²) in [6.45, 7) is 0. The molecule has 0 bridgehead atoms. The molecule has 118 valence electrons. The van der Waals surface area contributed by atoms with E-state index in [2.05, 4.69) is 0 Å². The summed E-state index contributed by atoms with van der Waals surface area (Å²) in [6, 6.07) is 7.98. The van der Waals surface area contributed by atoms with Gasteiger partial charge in [0.25, 0.3) is 0 Å². The molecule has 0 aliphatic carbocycles. The third kappa shape index (κ3) is 2.61. The molecular weight excluding hydrogens is 313 g/mol. The molecule has 0 spiro atoms. The summed E-state index contributed by atoms with van der Waals surface area (Å²) in [4.78, 5) is 12.0.